The second-order valence-corrected chi connectivity index (χ2v) is 14.4. The number of hydrogen-bond acceptors (Lipinski definition) is 5. The molecule has 1 amide bonds. The highest BCUT2D eigenvalue weighted by molar-refractivity contribution is 7.93. The molecule has 0 bridgehead atoms. The van der Waals surface area contributed by atoms with Gasteiger partial charge in [-0.2, -0.15) is 0 Å². The summed E-state index contributed by atoms with van der Waals surface area (Å²) in [6.07, 6.45) is -1.48. The molecule has 2 aliphatic rings. The third-order valence-corrected chi connectivity index (χ3v) is 10.7. The van der Waals surface area contributed by atoms with E-state index in [1.54, 1.807) is 71.6 Å². The van der Waals surface area contributed by atoms with Crippen molar-refractivity contribution in [2.75, 3.05) is 10.8 Å². The number of amides is 1. The van der Waals surface area contributed by atoms with Crippen molar-refractivity contribution < 1.29 is 27.9 Å². The number of ether oxygens (including phenoxy) is 1. The Labute approximate surface area is 262 Å². The summed E-state index contributed by atoms with van der Waals surface area (Å²) in [6.45, 7) is 3.85. The molecule has 8 nitrogen and oxygen atoms in total. The van der Waals surface area contributed by atoms with Crippen molar-refractivity contribution in [2.24, 2.45) is 5.92 Å². The van der Waals surface area contributed by atoms with Crippen LogP contribution in [0.15, 0.2) is 78.9 Å². The lowest BCUT2D eigenvalue weighted by Crippen LogP contribution is -2.59. The molecule has 3 aromatic carbocycles. The molecule has 1 saturated heterocycles. The summed E-state index contributed by atoms with van der Waals surface area (Å²) in [4.78, 5) is 27.9. The van der Waals surface area contributed by atoms with Crippen LogP contribution < -0.4 is 4.31 Å². The number of hydrogen-bond donors (Lipinski definition) is 1. The minimum Gasteiger partial charge on any atom is -0.481 e. The van der Waals surface area contributed by atoms with Gasteiger partial charge < -0.3 is 14.7 Å². The molecule has 1 aliphatic heterocycles. The van der Waals surface area contributed by atoms with E-state index in [9.17, 15) is 23.1 Å². The average Bonchev–Trinajstić information content (AvgIpc) is 3.82. The molecule has 3 aromatic rings. The molecule has 1 heterocycles. The molecule has 0 radical (unpaired) electrons. The highest BCUT2D eigenvalue weighted by Crippen LogP contribution is 2.46. The Morgan fingerprint density at radius 2 is 1.65 bits per heavy atom. The summed E-state index contributed by atoms with van der Waals surface area (Å²) < 4.78 is 35.4. The third-order valence-electron chi connectivity index (χ3n) is 7.95. The van der Waals surface area contributed by atoms with Crippen molar-refractivity contribution in [1.82, 2.24) is 4.90 Å². The van der Waals surface area contributed by atoms with E-state index in [1.165, 1.54) is 4.31 Å². The topological polar surface area (TPSA) is 104 Å². The Morgan fingerprint density at radius 3 is 2.23 bits per heavy atom. The molecule has 0 unspecified atom stereocenters. The lowest BCUT2D eigenvalue weighted by Gasteiger charge is -2.50. The normalized spacial score (nSPS) is 21.6. The SMILES string of the molecule is CC(C)[C@H](CN(c1ccccc1)S(=O)(=O)C1CC1)N1C(=O)[C@H](CC(=O)O)O[C@H](c2cccc(Cl)c2)[C@H]1c1ccc(Cl)cc1. The van der Waals surface area contributed by atoms with Crippen LogP contribution in [-0.2, 0) is 24.3 Å². The zero-order valence-corrected chi connectivity index (χ0v) is 26.2. The summed E-state index contributed by atoms with van der Waals surface area (Å²) >= 11 is 12.6. The molecule has 5 rings (SSSR count). The summed E-state index contributed by atoms with van der Waals surface area (Å²) in [7, 11) is -3.72. The maximum atomic E-state index is 14.3. The Hall–Kier alpha value is -3.11. The van der Waals surface area contributed by atoms with E-state index < -0.39 is 57.9 Å². The number of carboxylic acid groups (broad SMARTS) is 1. The summed E-state index contributed by atoms with van der Waals surface area (Å²) in [6, 6.07) is 21.6. The molecule has 0 spiro atoms. The monoisotopic (exact) mass is 644 g/mol. The molecule has 1 N–H and O–H groups in total. The van der Waals surface area contributed by atoms with Gasteiger partial charge in [0, 0.05) is 10.0 Å². The predicted molar refractivity (Wildman–Crippen MR) is 167 cm³/mol. The van der Waals surface area contributed by atoms with Crippen molar-refractivity contribution in [3.63, 3.8) is 0 Å². The molecule has 11 heteroatoms. The quantitative estimate of drug-likeness (QED) is 0.255. The van der Waals surface area contributed by atoms with Crippen molar-refractivity contribution >= 4 is 50.8 Å². The summed E-state index contributed by atoms with van der Waals surface area (Å²) in [5.74, 6) is -1.92. The van der Waals surface area contributed by atoms with Crippen LogP contribution in [0.4, 0.5) is 5.69 Å². The van der Waals surface area contributed by atoms with E-state index in [0.717, 1.165) is 0 Å². The van der Waals surface area contributed by atoms with Gasteiger partial charge in [0.05, 0.1) is 36.0 Å². The molecule has 0 aromatic heterocycles. The highest BCUT2D eigenvalue weighted by atomic mass is 35.5. The van der Waals surface area contributed by atoms with E-state index >= 15 is 0 Å². The van der Waals surface area contributed by atoms with Gasteiger partial charge in [-0.1, -0.05) is 79.5 Å². The van der Waals surface area contributed by atoms with Gasteiger partial charge in [-0.15, -0.1) is 0 Å². The number of sulfonamides is 1. The zero-order valence-electron chi connectivity index (χ0n) is 23.8. The first-order chi connectivity index (χ1) is 20.5. The number of carbonyl (C=O) groups is 2. The Balaban J connectivity index is 1.67. The summed E-state index contributed by atoms with van der Waals surface area (Å²) in [5, 5.41) is 10.2. The predicted octanol–water partition coefficient (Wildman–Crippen LogP) is 6.50. The number of benzene rings is 3. The van der Waals surface area contributed by atoms with Gasteiger partial charge in [-0.25, -0.2) is 8.42 Å². The van der Waals surface area contributed by atoms with Gasteiger partial charge in [0.2, 0.25) is 10.0 Å². The first-order valence-electron chi connectivity index (χ1n) is 14.2. The molecular weight excluding hydrogens is 611 g/mol. The highest BCUT2D eigenvalue weighted by Gasteiger charge is 2.50. The molecule has 1 aliphatic carbocycles. The zero-order chi connectivity index (χ0) is 30.9. The van der Waals surface area contributed by atoms with Crippen molar-refractivity contribution in [3.05, 3.63) is 100 Å². The number of carboxylic acids is 1. The fourth-order valence-corrected chi connectivity index (χ4v) is 7.84. The lowest BCUT2D eigenvalue weighted by atomic mass is 9.88. The minimum absolute atomic E-state index is 0.0155. The number of anilines is 1. The van der Waals surface area contributed by atoms with Gasteiger partial charge in [-0.3, -0.25) is 13.9 Å². The van der Waals surface area contributed by atoms with Crippen molar-refractivity contribution in [3.8, 4) is 0 Å². The van der Waals surface area contributed by atoms with Gasteiger partial charge in [0.15, 0.2) is 0 Å². The fraction of sp³-hybridized carbons (Fsp3) is 0.375. The van der Waals surface area contributed by atoms with Crippen LogP contribution in [0.1, 0.15) is 56.4 Å². The van der Waals surface area contributed by atoms with Crippen molar-refractivity contribution in [2.45, 2.75) is 62.7 Å². The van der Waals surface area contributed by atoms with Gasteiger partial charge in [0.25, 0.3) is 5.91 Å². The largest absolute Gasteiger partial charge is 0.481 e. The van der Waals surface area contributed by atoms with Gasteiger partial charge >= 0.3 is 5.97 Å². The number of aliphatic carboxylic acids is 1. The lowest BCUT2D eigenvalue weighted by molar-refractivity contribution is -0.184. The number of para-hydroxylation sites is 1. The second-order valence-electron chi connectivity index (χ2n) is 11.4. The standard InChI is InChI=1S/C32H34Cl2N2O6S/c1-20(2)27(19-35(25-9-4-3-5-10-25)43(40,41)26-15-16-26)36-30(21-11-13-23(33)14-12-21)31(22-7-6-8-24(34)17-22)42-28(32(36)39)18-29(37)38/h3-14,17,20,26-28,30-31H,15-16,18-19H2,1-2H3,(H,37,38)/t27-,28-,30+,31+/m0/s1. The molecule has 1 saturated carbocycles. The van der Waals surface area contributed by atoms with E-state index in [2.05, 4.69) is 0 Å². The van der Waals surface area contributed by atoms with E-state index in [0.29, 0.717) is 39.7 Å². The molecule has 228 valence electrons. The maximum Gasteiger partial charge on any atom is 0.306 e. The van der Waals surface area contributed by atoms with E-state index in [-0.39, 0.29) is 12.5 Å². The number of nitrogens with zero attached hydrogens (tertiary/aromatic N) is 2. The van der Waals surface area contributed by atoms with Gasteiger partial charge in [0.1, 0.15) is 12.2 Å². The van der Waals surface area contributed by atoms with Crippen LogP contribution in [-0.4, -0.2) is 54.2 Å². The number of halogens is 2. The number of rotatable bonds is 11. The number of carbonyl (C=O) groups excluding carboxylic acids is 1. The minimum atomic E-state index is -3.72. The van der Waals surface area contributed by atoms with Gasteiger partial charge in [-0.05, 0) is 66.3 Å². The molecular formula is C32H34Cl2N2O6S. The fourth-order valence-electron chi connectivity index (χ4n) is 5.65. The first kappa shape index (κ1) is 31.3. The van der Waals surface area contributed by atoms with Crippen molar-refractivity contribution in [1.29, 1.82) is 0 Å². The van der Waals surface area contributed by atoms with E-state index in [1.807, 2.05) is 26.0 Å². The first-order valence-corrected chi connectivity index (χ1v) is 16.5. The van der Waals surface area contributed by atoms with Crippen LogP contribution in [0.25, 0.3) is 0 Å². The van der Waals surface area contributed by atoms with Crippen LogP contribution >= 0.6 is 23.2 Å². The molecule has 2 fully saturated rings. The van der Waals surface area contributed by atoms with Crippen LogP contribution in [0.2, 0.25) is 10.0 Å². The average molecular weight is 646 g/mol. The molecule has 4 atom stereocenters. The van der Waals surface area contributed by atoms with E-state index in [4.69, 9.17) is 27.9 Å². The third kappa shape index (κ3) is 6.85. The Bertz CT molecular complexity index is 1560. The molecule has 43 heavy (non-hydrogen) atoms. The van der Waals surface area contributed by atoms with Crippen LogP contribution in [0.3, 0.4) is 0 Å². The maximum absolute atomic E-state index is 14.3. The summed E-state index contributed by atoms with van der Waals surface area (Å²) in [5.41, 5.74) is 1.88. The van der Waals surface area contributed by atoms with Crippen LogP contribution in [0, 0.1) is 5.92 Å². The Kier molecular flexibility index (Phi) is 9.37. The number of morpholine rings is 1. The smallest absolute Gasteiger partial charge is 0.306 e. The Morgan fingerprint density at radius 1 is 0.977 bits per heavy atom. The van der Waals surface area contributed by atoms with Crippen LogP contribution in [0.5, 0.6) is 0 Å². The second kappa shape index (κ2) is 12.9.